The van der Waals surface area contributed by atoms with Crippen LogP contribution in [0.3, 0.4) is 0 Å². The van der Waals surface area contributed by atoms with Crippen molar-refractivity contribution < 1.29 is 14.6 Å². The number of aromatic nitrogens is 1. The molecule has 2 N–H and O–H groups in total. The molecule has 2 aromatic carbocycles. The molecular formula is C15H10FNO2. The fourth-order valence-corrected chi connectivity index (χ4v) is 1.94. The lowest BCUT2D eigenvalue weighted by atomic mass is 10.1. The number of aromatic hydroxyl groups is 2. The number of rotatable bonds is 1. The summed E-state index contributed by atoms with van der Waals surface area (Å²) in [6.45, 7) is 0. The second-order valence-corrected chi connectivity index (χ2v) is 4.24. The Balaban J connectivity index is 2.14. The highest BCUT2D eigenvalue weighted by Gasteiger charge is 2.05. The number of hydrogen-bond donors (Lipinski definition) is 2. The van der Waals surface area contributed by atoms with E-state index in [-0.39, 0.29) is 17.3 Å². The minimum atomic E-state index is -0.302. The van der Waals surface area contributed by atoms with Crippen LogP contribution in [-0.2, 0) is 0 Å². The van der Waals surface area contributed by atoms with Crippen molar-refractivity contribution in [1.82, 2.24) is 4.98 Å². The fraction of sp³-hybridized carbons (Fsp3) is 0. The summed E-state index contributed by atoms with van der Waals surface area (Å²) < 4.78 is 13.1. The average molecular weight is 255 g/mol. The van der Waals surface area contributed by atoms with Crippen molar-refractivity contribution in [2.24, 2.45) is 0 Å². The summed E-state index contributed by atoms with van der Waals surface area (Å²) in [6, 6.07) is 12.4. The van der Waals surface area contributed by atoms with Gasteiger partial charge in [0.05, 0.1) is 11.2 Å². The summed E-state index contributed by atoms with van der Waals surface area (Å²) in [6.07, 6.45) is 0. The summed E-state index contributed by atoms with van der Waals surface area (Å²) in [5.41, 5.74) is 2.00. The summed E-state index contributed by atoms with van der Waals surface area (Å²) in [4.78, 5) is 4.40. The van der Waals surface area contributed by atoms with Gasteiger partial charge in [0, 0.05) is 10.9 Å². The molecule has 4 heteroatoms. The maximum absolute atomic E-state index is 13.1. The summed E-state index contributed by atoms with van der Waals surface area (Å²) >= 11 is 0. The van der Waals surface area contributed by atoms with Crippen LogP contribution in [-0.4, -0.2) is 15.2 Å². The Bertz CT molecular complexity index is 771. The van der Waals surface area contributed by atoms with Crippen LogP contribution in [0.4, 0.5) is 4.39 Å². The number of pyridine rings is 1. The smallest absolute Gasteiger partial charge is 0.158 e. The molecule has 0 saturated heterocycles. The first-order valence-corrected chi connectivity index (χ1v) is 5.72. The molecule has 3 aromatic rings. The molecule has 0 aliphatic carbocycles. The average Bonchev–Trinajstić information content (AvgIpc) is 2.41. The highest BCUT2D eigenvalue weighted by atomic mass is 19.1. The molecule has 19 heavy (non-hydrogen) atoms. The number of halogens is 1. The molecule has 1 heterocycles. The molecule has 0 unspecified atom stereocenters. The van der Waals surface area contributed by atoms with Gasteiger partial charge in [0.15, 0.2) is 11.5 Å². The van der Waals surface area contributed by atoms with E-state index >= 15 is 0 Å². The Hall–Kier alpha value is -2.62. The molecule has 0 saturated carbocycles. The lowest BCUT2D eigenvalue weighted by Crippen LogP contribution is -1.86. The van der Waals surface area contributed by atoms with E-state index in [0.29, 0.717) is 22.2 Å². The largest absolute Gasteiger partial charge is 0.504 e. The molecule has 0 radical (unpaired) electrons. The number of hydrogen-bond acceptors (Lipinski definition) is 3. The maximum Gasteiger partial charge on any atom is 0.158 e. The molecule has 0 fully saturated rings. The Morgan fingerprint density at radius 1 is 0.842 bits per heavy atom. The van der Waals surface area contributed by atoms with Crippen molar-refractivity contribution in [3.05, 3.63) is 54.3 Å². The van der Waals surface area contributed by atoms with Crippen molar-refractivity contribution in [3.8, 4) is 22.8 Å². The lowest BCUT2D eigenvalue weighted by molar-refractivity contribution is 0.404. The highest BCUT2D eigenvalue weighted by molar-refractivity contribution is 5.81. The van der Waals surface area contributed by atoms with Crippen molar-refractivity contribution in [2.45, 2.75) is 0 Å². The monoisotopic (exact) mass is 255 g/mol. The van der Waals surface area contributed by atoms with Gasteiger partial charge in [-0.05, 0) is 42.5 Å². The molecule has 3 rings (SSSR count). The normalized spacial score (nSPS) is 10.8. The van der Waals surface area contributed by atoms with Gasteiger partial charge in [-0.3, -0.25) is 0 Å². The van der Waals surface area contributed by atoms with E-state index in [1.807, 2.05) is 0 Å². The standard InChI is InChI=1S/C15H10FNO2/c16-11-3-5-13-9(7-11)1-4-12(17-13)10-2-6-14(18)15(19)8-10/h1-8,18-19H. The van der Waals surface area contributed by atoms with E-state index < -0.39 is 0 Å². The van der Waals surface area contributed by atoms with Crippen LogP contribution in [0.2, 0.25) is 0 Å². The van der Waals surface area contributed by atoms with Crippen LogP contribution in [0, 0.1) is 5.82 Å². The van der Waals surface area contributed by atoms with Crippen molar-refractivity contribution >= 4 is 10.9 Å². The molecule has 0 amide bonds. The molecule has 94 valence electrons. The van der Waals surface area contributed by atoms with E-state index in [4.69, 9.17) is 0 Å². The topological polar surface area (TPSA) is 53.4 Å². The fourth-order valence-electron chi connectivity index (χ4n) is 1.94. The SMILES string of the molecule is Oc1ccc(-c2ccc3cc(F)ccc3n2)cc1O. The predicted octanol–water partition coefficient (Wildman–Crippen LogP) is 3.45. The van der Waals surface area contributed by atoms with Gasteiger partial charge >= 0.3 is 0 Å². The van der Waals surface area contributed by atoms with E-state index in [0.717, 1.165) is 0 Å². The zero-order chi connectivity index (χ0) is 13.4. The van der Waals surface area contributed by atoms with Gasteiger partial charge in [0.2, 0.25) is 0 Å². The second-order valence-electron chi connectivity index (χ2n) is 4.24. The number of fused-ring (bicyclic) bond motifs is 1. The first kappa shape index (κ1) is 11.5. The number of phenols is 2. The zero-order valence-electron chi connectivity index (χ0n) is 9.84. The van der Waals surface area contributed by atoms with Crippen LogP contribution >= 0.6 is 0 Å². The van der Waals surface area contributed by atoms with E-state index in [9.17, 15) is 14.6 Å². The lowest BCUT2D eigenvalue weighted by Gasteiger charge is -2.05. The number of benzene rings is 2. The third-order valence-electron chi connectivity index (χ3n) is 2.92. The Labute approximate surface area is 108 Å². The van der Waals surface area contributed by atoms with E-state index in [1.54, 1.807) is 24.3 Å². The van der Waals surface area contributed by atoms with Gasteiger partial charge < -0.3 is 10.2 Å². The zero-order valence-corrected chi connectivity index (χ0v) is 9.84. The van der Waals surface area contributed by atoms with Crippen LogP contribution < -0.4 is 0 Å². The minimum Gasteiger partial charge on any atom is -0.504 e. The van der Waals surface area contributed by atoms with Crippen LogP contribution in [0.1, 0.15) is 0 Å². The first-order valence-electron chi connectivity index (χ1n) is 5.72. The van der Waals surface area contributed by atoms with Gasteiger partial charge in [-0.1, -0.05) is 6.07 Å². The van der Waals surface area contributed by atoms with Crippen LogP contribution in [0.25, 0.3) is 22.2 Å². The van der Waals surface area contributed by atoms with E-state index in [2.05, 4.69) is 4.98 Å². The van der Waals surface area contributed by atoms with Gasteiger partial charge in [0.1, 0.15) is 5.82 Å². The van der Waals surface area contributed by atoms with Crippen LogP contribution in [0.5, 0.6) is 11.5 Å². The maximum atomic E-state index is 13.1. The third-order valence-corrected chi connectivity index (χ3v) is 2.92. The molecule has 0 aliphatic heterocycles. The summed E-state index contributed by atoms with van der Waals surface area (Å²) in [5.74, 6) is -0.672. The molecule has 0 bridgehead atoms. The number of nitrogens with zero attached hydrogens (tertiary/aromatic N) is 1. The summed E-state index contributed by atoms with van der Waals surface area (Å²) in [7, 11) is 0. The Morgan fingerprint density at radius 2 is 1.68 bits per heavy atom. The third kappa shape index (κ3) is 2.08. The Morgan fingerprint density at radius 3 is 2.47 bits per heavy atom. The van der Waals surface area contributed by atoms with Crippen LogP contribution in [0.15, 0.2) is 48.5 Å². The van der Waals surface area contributed by atoms with Gasteiger partial charge in [-0.2, -0.15) is 0 Å². The minimum absolute atomic E-state index is 0.174. The second kappa shape index (κ2) is 4.24. The van der Waals surface area contributed by atoms with Gasteiger partial charge in [0.25, 0.3) is 0 Å². The van der Waals surface area contributed by atoms with Gasteiger partial charge in [-0.25, -0.2) is 9.37 Å². The molecule has 0 spiro atoms. The highest BCUT2D eigenvalue weighted by Crippen LogP contribution is 2.30. The van der Waals surface area contributed by atoms with Crippen molar-refractivity contribution in [1.29, 1.82) is 0 Å². The summed E-state index contributed by atoms with van der Waals surface area (Å²) in [5, 5.41) is 19.5. The quantitative estimate of drug-likeness (QED) is 0.655. The predicted molar refractivity (Wildman–Crippen MR) is 70.5 cm³/mol. The number of phenolic OH excluding ortho intramolecular Hbond substituents is 2. The first-order chi connectivity index (χ1) is 9.13. The molecule has 0 aliphatic rings. The molecule has 1 aromatic heterocycles. The van der Waals surface area contributed by atoms with Crippen molar-refractivity contribution in [3.63, 3.8) is 0 Å². The van der Waals surface area contributed by atoms with Gasteiger partial charge in [-0.15, -0.1) is 0 Å². The Kier molecular flexibility index (Phi) is 2.56. The van der Waals surface area contributed by atoms with E-state index in [1.165, 1.54) is 24.3 Å². The van der Waals surface area contributed by atoms with Crippen molar-refractivity contribution in [2.75, 3.05) is 0 Å². The molecular weight excluding hydrogens is 245 g/mol. The molecule has 0 atom stereocenters. The molecule has 3 nitrogen and oxygen atoms in total.